The predicted octanol–water partition coefficient (Wildman–Crippen LogP) is 5.12. The van der Waals surface area contributed by atoms with E-state index in [1.54, 1.807) is 53.4 Å². The highest BCUT2D eigenvalue weighted by molar-refractivity contribution is 5.77. The highest BCUT2D eigenvalue weighted by Crippen LogP contribution is 2.13. The Morgan fingerprint density at radius 1 is 0.755 bits per heavy atom. The van der Waals surface area contributed by atoms with E-state index >= 15 is 0 Å². The van der Waals surface area contributed by atoms with Gasteiger partial charge in [0.05, 0.1) is 21.8 Å². The van der Waals surface area contributed by atoms with Crippen molar-refractivity contribution in [3.8, 4) is 0 Å². The Labute approximate surface area is 286 Å². The molecule has 1 atom stereocenters. The number of hydrogen-bond donors (Lipinski definition) is 3. The largest absolute Gasteiger partial charge is 0.444 e. The van der Waals surface area contributed by atoms with Crippen molar-refractivity contribution in [2.75, 3.05) is 19.6 Å². The monoisotopic (exact) mass is 676 g/mol. The molecule has 0 aliphatic heterocycles. The van der Waals surface area contributed by atoms with Gasteiger partial charge in [-0.05, 0) is 90.1 Å². The van der Waals surface area contributed by atoms with Crippen LogP contribution in [0, 0.1) is 0 Å². The van der Waals surface area contributed by atoms with E-state index in [4.69, 9.17) is 4.74 Å². The molecule has 12 heteroatoms. The van der Waals surface area contributed by atoms with Crippen LogP contribution in [0.15, 0.2) is 67.7 Å². The number of aromatic amines is 2. The van der Waals surface area contributed by atoms with Gasteiger partial charge in [-0.25, -0.2) is 14.4 Å². The summed E-state index contributed by atoms with van der Waals surface area (Å²) in [5.41, 5.74) is -1.07. The second-order valence-corrected chi connectivity index (χ2v) is 13.7. The molecule has 0 aliphatic rings. The fraction of sp³-hybridized carbons (Fsp3) is 0.541. The molecule has 2 aromatic carbocycles. The molecule has 2 aromatic heterocycles. The summed E-state index contributed by atoms with van der Waals surface area (Å²) in [5, 5.41) is 4.63. The number of nitrogens with zero attached hydrogens (tertiary/aromatic N) is 3. The van der Waals surface area contributed by atoms with Crippen molar-refractivity contribution in [1.82, 2.24) is 29.3 Å². The molecule has 0 saturated heterocycles. The molecule has 3 N–H and O–H groups in total. The van der Waals surface area contributed by atoms with E-state index < -0.39 is 17.4 Å². The second-order valence-electron chi connectivity index (χ2n) is 13.7. The molecular formula is C37H52N6O6. The smallest absolute Gasteiger partial charge is 0.410 e. The van der Waals surface area contributed by atoms with Crippen LogP contribution < -0.4 is 27.8 Å². The van der Waals surface area contributed by atoms with E-state index in [2.05, 4.69) is 22.2 Å². The number of unbranched alkanes of at least 4 members (excludes halogenated alkanes) is 3. The number of benzene rings is 2. The standard InChI is InChI=1S/C37H52N6O6/c1-5-6-7-16-27(17-14-25-42-32(44)28-18-8-10-20-30(28)39-34(42)46)38-22-12-13-23-41(36(48)49-37(2,3)4)24-15-26-43-33(45)29-19-9-11-21-31(29)40-35(43)47/h8-11,18-21,27,38H,5-7,12-17,22-26H2,1-4H3,(H,39,46)(H,40,47). The maximum Gasteiger partial charge on any atom is 0.410 e. The third kappa shape index (κ3) is 10.8. The zero-order valence-electron chi connectivity index (χ0n) is 29.4. The Morgan fingerprint density at radius 3 is 1.86 bits per heavy atom. The molecule has 1 unspecified atom stereocenters. The first-order chi connectivity index (χ1) is 23.5. The maximum absolute atomic E-state index is 13.1. The van der Waals surface area contributed by atoms with Crippen molar-refractivity contribution in [2.45, 2.75) is 110 Å². The number of hydrogen-bond acceptors (Lipinski definition) is 7. The van der Waals surface area contributed by atoms with Gasteiger partial charge in [-0.2, -0.15) is 0 Å². The van der Waals surface area contributed by atoms with Gasteiger partial charge < -0.3 is 24.9 Å². The van der Waals surface area contributed by atoms with Crippen molar-refractivity contribution in [1.29, 1.82) is 0 Å². The first-order valence-corrected chi connectivity index (χ1v) is 17.6. The number of carbonyl (C=O) groups is 1. The highest BCUT2D eigenvalue weighted by atomic mass is 16.6. The summed E-state index contributed by atoms with van der Waals surface area (Å²) >= 11 is 0. The van der Waals surface area contributed by atoms with E-state index in [9.17, 15) is 24.0 Å². The van der Waals surface area contributed by atoms with Crippen LogP contribution in [0.25, 0.3) is 21.8 Å². The number of fused-ring (bicyclic) bond motifs is 2. The summed E-state index contributed by atoms with van der Waals surface area (Å²) in [5.74, 6) is 0. The first kappa shape index (κ1) is 37.4. The summed E-state index contributed by atoms with van der Waals surface area (Å²) < 4.78 is 8.15. The normalized spacial score (nSPS) is 12.4. The molecule has 2 heterocycles. The van der Waals surface area contributed by atoms with Crippen LogP contribution in [0.3, 0.4) is 0 Å². The molecule has 0 saturated carbocycles. The highest BCUT2D eigenvalue weighted by Gasteiger charge is 2.22. The lowest BCUT2D eigenvalue weighted by Crippen LogP contribution is -2.40. The van der Waals surface area contributed by atoms with Crippen LogP contribution >= 0.6 is 0 Å². The van der Waals surface area contributed by atoms with Crippen LogP contribution in [-0.2, 0) is 17.8 Å². The minimum Gasteiger partial charge on any atom is -0.444 e. The van der Waals surface area contributed by atoms with Crippen molar-refractivity contribution >= 4 is 27.9 Å². The van der Waals surface area contributed by atoms with E-state index in [0.717, 1.165) is 51.5 Å². The van der Waals surface area contributed by atoms with Gasteiger partial charge in [-0.15, -0.1) is 0 Å². The Hall–Kier alpha value is -4.45. The van der Waals surface area contributed by atoms with Crippen LogP contribution in [0.4, 0.5) is 4.79 Å². The molecule has 266 valence electrons. The minimum atomic E-state index is -0.655. The maximum atomic E-state index is 13.1. The van der Waals surface area contributed by atoms with Crippen molar-refractivity contribution < 1.29 is 9.53 Å². The molecule has 0 spiro atoms. The fourth-order valence-corrected chi connectivity index (χ4v) is 6.06. The van der Waals surface area contributed by atoms with E-state index in [1.165, 1.54) is 9.13 Å². The quantitative estimate of drug-likeness (QED) is 0.124. The number of rotatable bonds is 18. The lowest BCUT2D eigenvalue weighted by Gasteiger charge is -2.27. The average Bonchev–Trinajstić information content (AvgIpc) is 3.05. The third-order valence-corrected chi connectivity index (χ3v) is 8.62. The SMILES string of the molecule is CCCCCC(CCCn1c(=O)[nH]c2ccccc2c1=O)NCCCCN(CCCn1c(=O)[nH]c2ccccc2c1=O)C(=O)OC(C)(C)C. The van der Waals surface area contributed by atoms with Crippen LogP contribution in [-0.4, -0.2) is 61.4 Å². The lowest BCUT2D eigenvalue weighted by molar-refractivity contribution is 0.0242. The summed E-state index contributed by atoms with van der Waals surface area (Å²) in [6, 6.07) is 14.2. The Balaban J connectivity index is 1.30. The second kappa shape index (κ2) is 17.8. The molecule has 12 nitrogen and oxygen atoms in total. The number of nitrogens with one attached hydrogen (secondary N) is 3. The van der Waals surface area contributed by atoms with Crippen molar-refractivity contribution in [3.63, 3.8) is 0 Å². The molecular weight excluding hydrogens is 624 g/mol. The minimum absolute atomic E-state index is 0.177. The molecule has 0 bridgehead atoms. The molecule has 4 rings (SSSR count). The summed E-state index contributed by atoms with van der Waals surface area (Å²) in [6.07, 6.45) is 7.47. The third-order valence-electron chi connectivity index (χ3n) is 8.62. The zero-order valence-corrected chi connectivity index (χ0v) is 29.4. The van der Waals surface area contributed by atoms with Gasteiger partial charge in [0, 0.05) is 32.2 Å². The number of H-pyrrole nitrogens is 2. The van der Waals surface area contributed by atoms with Crippen molar-refractivity contribution in [3.05, 3.63) is 90.2 Å². The van der Waals surface area contributed by atoms with Gasteiger partial charge in [0.25, 0.3) is 11.1 Å². The number of carbonyl (C=O) groups excluding carboxylic acids is 1. The number of ether oxygens (including phenoxy) is 1. The lowest BCUT2D eigenvalue weighted by atomic mass is 10.0. The Bertz CT molecular complexity index is 1920. The molecule has 4 aromatic rings. The van der Waals surface area contributed by atoms with Crippen LogP contribution in [0.2, 0.25) is 0 Å². The number of aromatic nitrogens is 4. The number of para-hydroxylation sites is 2. The van der Waals surface area contributed by atoms with Gasteiger partial charge in [-0.3, -0.25) is 18.7 Å². The van der Waals surface area contributed by atoms with E-state index in [1.807, 2.05) is 20.8 Å². The summed E-state index contributed by atoms with van der Waals surface area (Å²) in [4.78, 5) is 71.4. The van der Waals surface area contributed by atoms with Gasteiger partial charge in [0.1, 0.15) is 5.60 Å². The van der Waals surface area contributed by atoms with Crippen LogP contribution in [0.1, 0.15) is 85.5 Å². The molecule has 0 radical (unpaired) electrons. The summed E-state index contributed by atoms with van der Waals surface area (Å²) in [7, 11) is 0. The predicted molar refractivity (Wildman–Crippen MR) is 194 cm³/mol. The van der Waals surface area contributed by atoms with Gasteiger partial charge in [0.2, 0.25) is 0 Å². The van der Waals surface area contributed by atoms with Gasteiger partial charge in [-0.1, -0.05) is 50.5 Å². The first-order valence-electron chi connectivity index (χ1n) is 17.6. The Kier molecular flexibility index (Phi) is 13.6. The topological polar surface area (TPSA) is 151 Å². The average molecular weight is 677 g/mol. The van der Waals surface area contributed by atoms with E-state index in [0.29, 0.717) is 54.3 Å². The molecule has 0 aliphatic carbocycles. The molecule has 1 amide bonds. The van der Waals surface area contributed by atoms with Crippen LogP contribution in [0.5, 0.6) is 0 Å². The molecule has 0 fully saturated rings. The Morgan fingerprint density at radius 2 is 1.29 bits per heavy atom. The zero-order chi connectivity index (χ0) is 35.4. The fourth-order valence-electron chi connectivity index (χ4n) is 6.06. The number of amides is 1. The molecule has 49 heavy (non-hydrogen) atoms. The van der Waals surface area contributed by atoms with Gasteiger partial charge in [0.15, 0.2) is 0 Å². The summed E-state index contributed by atoms with van der Waals surface area (Å²) in [6.45, 7) is 9.77. The van der Waals surface area contributed by atoms with E-state index in [-0.39, 0.29) is 29.4 Å². The van der Waals surface area contributed by atoms with Gasteiger partial charge >= 0.3 is 17.5 Å². The van der Waals surface area contributed by atoms with Crippen molar-refractivity contribution in [2.24, 2.45) is 0 Å².